The Balaban J connectivity index is 2.23. The second-order valence-corrected chi connectivity index (χ2v) is 5.93. The van der Waals surface area contributed by atoms with Gasteiger partial charge in [-0.05, 0) is 36.0 Å². The van der Waals surface area contributed by atoms with Crippen LogP contribution in [0.3, 0.4) is 0 Å². The molecule has 1 aromatic carbocycles. The third-order valence-electron chi connectivity index (χ3n) is 3.64. The van der Waals surface area contributed by atoms with Gasteiger partial charge in [0.1, 0.15) is 5.76 Å². The van der Waals surface area contributed by atoms with Crippen molar-refractivity contribution in [3.05, 3.63) is 52.4 Å². The van der Waals surface area contributed by atoms with Crippen LogP contribution in [-0.2, 0) is 19.4 Å². The van der Waals surface area contributed by atoms with Gasteiger partial charge in [-0.2, -0.15) is 0 Å². The fourth-order valence-electron chi connectivity index (χ4n) is 2.78. The number of aliphatic hydroxyl groups is 2. The van der Waals surface area contributed by atoms with Gasteiger partial charge in [0.05, 0.1) is 6.61 Å². The third kappa shape index (κ3) is 1.99. The van der Waals surface area contributed by atoms with Crippen LogP contribution in [0.2, 0.25) is 0 Å². The minimum atomic E-state index is 0.0100. The van der Waals surface area contributed by atoms with Crippen molar-refractivity contribution >= 4 is 17.1 Å². The van der Waals surface area contributed by atoms with Gasteiger partial charge in [-0.1, -0.05) is 30.8 Å². The van der Waals surface area contributed by atoms with Crippen LogP contribution in [0.5, 0.6) is 0 Å². The van der Waals surface area contributed by atoms with Crippen LogP contribution in [0.1, 0.15) is 28.0 Å². The number of thiophene rings is 1. The van der Waals surface area contributed by atoms with Crippen molar-refractivity contribution in [2.24, 2.45) is 0 Å². The highest BCUT2D eigenvalue weighted by Crippen LogP contribution is 2.44. The van der Waals surface area contributed by atoms with Gasteiger partial charge in [0.25, 0.3) is 0 Å². The molecule has 1 heterocycles. The molecule has 0 saturated carbocycles. The van der Waals surface area contributed by atoms with Crippen molar-refractivity contribution in [2.75, 3.05) is 0 Å². The van der Waals surface area contributed by atoms with Crippen LogP contribution in [0.4, 0.5) is 0 Å². The molecule has 0 bridgehead atoms. The minimum Gasteiger partial charge on any atom is -0.508 e. The van der Waals surface area contributed by atoms with Crippen molar-refractivity contribution < 1.29 is 10.2 Å². The Hall–Kier alpha value is -1.58. The molecule has 0 amide bonds. The first-order valence-electron chi connectivity index (χ1n) is 6.44. The van der Waals surface area contributed by atoms with Crippen LogP contribution in [-0.4, -0.2) is 10.2 Å². The Bertz CT molecular complexity index is 640. The summed E-state index contributed by atoms with van der Waals surface area (Å²) in [5, 5.41) is 19.4. The molecule has 0 fully saturated rings. The lowest BCUT2D eigenvalue weighted by atomic mass is 10.00. The van der Waals surface area contributed by atoms with E-state index in [0.717, 1.165) is 40.8 Å². The number of hydrogen-bond acceptors (Lipinski definition) is 3. The number of aliphatic hydroxyl groups excluding tert-OH is 2. The van der Waals surface area contributed by atoms with Gasteiger partial charge in [0.15, 0.2) is 0 Å². The normalized spacial score (nSPS) is 13.5. The lowest BCUT2D eigenvalue weighted by molar-refractivity contribution is 0.282. The molecule has 0 aliphatic heterocycles. The summed E-state index contributed by atoms with van der Waals surface area (Å²) >= 11 is 1.73. The Labute approximate surface area is 116 Å². The molecule has 98 valence electrons. The van der Waals surface area contributed by atoms with Gasteiger partial charge in [0, 0.05) is 15.3 Å². The van der Waals surface area contributed by atoms with Gasteiger partial charge in [-0.3, -0.25) is 0 Å². The predicted octanol–water partition coefficient (Wildman–Crippen LogP) is 3.92. The number of benzene rings is 1. The van der Waals surface area contributed by atoms with Gasteiger partial charge < -0.3 is 10.2 Å². The van der Waals surface area contributed by atoms with Crippen molar-refractivity contribution in [2.45, 2.75) is 25.9 Å². The molecule has 0 spiro atoms. The van der Waals surface area contributed by atoms with E-state index >= 15 is 0 Å². The third-order valence-corrected chi connectivity index (χ3v) is 4.97. The molecular formula is C16H16O2S. The molecule has 0 radical (unpaired) electrons. The molecule has 1 aliphatic rings. The van der Waals surface area contributed by atoms with E-state index in [1.165, 1.54) is 10.4 Å². The molecular weight excluding hydrogens is 256 g/mol. The Morgan fingerprint density at radius 1 is 1.26 bits per heavy atom. The van der Waals surface area contributed by atoms with Gasteiger partial charge in [-0.15, -0.1) is 11.3 Å². The molecule has 0 atom stereocenters. The highest BCUT2D eigenvalue weighted by Gasteiger charge is 2.25. The molecule has 19 heavy (non-hydrogen) atoms. The SMILES string of the molecule is C=C(O)c1c(-c2ccccc2CO)sc2c1CCC2. The summed E-state index contributed by atoms with van der Waals surface area (Å²) < 4.78 is 0. The summed E-state index contributed by atoms with van der Waals surface area (Å²) in [4.78, 5) is 2.40. The molecule has 2 N–H and O–H groups in total. The molecule has 0 saturated heterocycles. The van der Waals surface area contributed by atoms with E-state index in [-0.39, 0.29) is 12.4 Å². The number of hydrogen-bond donors (Lipinski definition) is 2. The summed E-state index contributed by atoms with van der Waals surface area (Å²) in [5.41, 5.74) is 4.04. The molecule has 3 heteroatoms. The number of rotatable bonds is 3. The zero-order chi connectivity index (χ0) is 13.4. The molecule has 3 rings (SSSR count). The highest BCUT2D eigenvalue weighted by molar-refractivity contribution is 7.16. The van der Waals surface area contributed by atoms with E-state index in [9.17, 15) is 10.2 Å². The maximum Gasteiger partial charge on any atom is 0.117 e. The average Bonchev–Trinajstić information content (AvgIpc) is 2.97. The average molecular weight is 272 g/mol. The molecule has 1 aliphatic carbocycles. The first-order chi connectivity index (χ1) is 9.22. The van der Waals surface area contributed by atoms with Crippen molar-refractivity contribution in [3.8, 4) is 10.4 Å². The van der Waals surface area contributed by atoms with E-state index in [4.69, 9.17) is 0 Å². The summed E-state index contributed by atoms with van der Waals surface area (Å²) in [5.74, 6) is 0.141. The zero-order valence-corrected chi connectivity index (χ0v) is 11.5. The standard InChI is InChI=1S/C16H16O2S/c1-10(18)15-13-7-4-8-14(13)19-16(15)12-6-3-2-5-11(12)9-17/h2-3,5-6,17-18H,1,4,7-9H2. The molecule has 1 aromatic heterocycles. The monoisotopic (exact) mass is 272 g/mol. The number of aryl methyl sites for hydroxylation is 1. The van der Waals surface area contributed by atoms with E-state index in [1.807, 2.05) is 24.3 Å². The van der Waals surface area contributed by atoms with Crippen molar-refractivity contribution in [1.82, 2.24) is 0 Å². The van der Waals surface area contributed by atoms with Crippen LogP contribution >= 0.6 is 11.3 Å². The van der Waals surface area contributed by atoms with E-state index in [1.54, 1.807) is 11.3 Å². The first kappa shape index (κ1) is 12.5. The topological polar surface area (TPSA) is 40.5 Å². The summed E-state index contributed by atoms with van der Waals surface area (Å²) in [6.07, 6.45) is 3.26. The Morgan fingerprint density at radius 3 is 2.79 bits per heavy atom. The largest absolute Gasteiger partial charge is 0.508 e. The molecule has 2 nitrogen and oxygen atoms in total. The fourth-order valence-corrected chi connectivity index (χ4v) is 4.25. The van der Waals surface area contributed by atoms with E-state index < -0.39 is 0 Å². The van der Waals surface area contributed by atoms with E-state index in [2.05, 4.69) is 6.58 Å². The van der Waals surface area contributed by atoms with Crippen LogP contribution in [0, 0.1) is 0 Å². The Kier molecular flexibility index (Phi) is 3.17. The zero-order valence-electron chi connectivity index (χ0n) is 10.6. The summed E-state index contributed by atoms with van der Waals surface area (Å²) in [7, 11) is 0. The highest BCUT2D eigenvalue weighted by atomic mass is 32.1. The smallest absolute Gasteiger partial charge is 0.117 e. The quantitative estimate of drug-likeness (QED) is 0.831. The van der Waals surface area contributed by atoms with Crippen molar-refractivity contribution in [3.63, 3.8) is 0 Å². The lowest BCUT2D eigenvalue weighted by Crippen LogP contribution is -1.92. The van der Waals surface area contributed by atoms with Crippen molar-refractivity contribution in [1.29, 1.82) is 0 Å². The summed E-state index contributed by atoms with van der Waals surface area (Å²) in [6, 6.07) is 7.80. The maximum absolute atomic E-state index is 9.93. The maximum atomic E-state index is 9.93. The first-order valence-corrected chi connectivity index (χ1v) is 7.26. The molecule has 0 unspecified atom stereocenters. The Morgan fingerprint density at radius 2 is 2.05 bits per heavy atom. The van der Waals surface area contributed by atoms with Crippen LogP contribution in [0.15, 0.2) is 30.8 Å². The number of fused-ring (bicyclic) bond motifs is 1. The van der Waals surface area contributed by atoms with Gasteiger partial charge in [0.2, 0.25) is 0 Å². The fraction of sp³-hybridized carbons (Fsp3) is 0.250. The van der Waals surface area contributed by atoms with Crippen LogP contribution in [0.25, 0.3) is 16.2 Å². The van der Waals surface area contributed by atoms with E-state index in [0.29, 0.717) is 0 Å². The molecule has 2 aromatic rings. The van der Waals surface area contributed by atoms with Gasteiger partial charge in [-0.25, -0.2) is 0 Å². The van der Waals surface area contributed by atoms with Gasteiger partial charge >= 0.3 is 0 Å². The second-order valence-electron chi connectivity index (χ2n) is 4.82. The predicted molar refractivity (Wildman–Crippen MR) is 79.4 cm³/mol. The summed E-state index contributed by atoms with van der Waals surface area (Å²) in [6.45, 7) is 3.73. The second kappa shape index (κ2) is 4.83. The minimum absolute atomic E-state index is 0.0100. The lowest BCUT2D eigenvalue weighted by Gasteiger charge is -2.09. The van der Waals surface area contributed by atoms with Crippen LogP contribution < -0.4 is 0 Å².